The molecule has 0 radical (unpaired) electrons. The van der Waals surface area contributed by atoms with E-state index in [2.05, 4.69) is 5.32 Å². The van der Waals surface area contributed by atoms with Gasteiger partial charge in [-0.1, -0.05) is 0 Å². The molecule has 1 aliphatic heterocycles. The van der Waals surface area contributed by atoms with E-state index in [4.69, 9.17) is 5.11 Å². The van der Waals surface area contributed by atoms with Crippen molar-refractivity contribution in [3.05, 3.63) is 0 Å². The highest BCUT2D eigenvalue weighted by Crippen LogP contribution is 2.55. The molecule has 2 fully saturated rings. The van der Waals surface area contributed by atoms with Gasteiger partial charge in [-0.2, -0.15) is 0 Å². The number of amides is 1. The minimum Gasteiger partial charge on any atom is -0.480 e. The maximum atomic E-state index is 10.9. The Labute approximate surface area is 57.2 Å². The second-order valence-corrected chi connectivity index (χ2v) is 2.89. The number of rotatable bonds is 1. The lowest BCUT2D eigenvalue weighted by Crippen LogP contribution is -2.30. The van der Waals surface area contributed by atoms with Crippen LogP contribution in [0.4, 0.5) is 0 Å². The van der Waals surface area contributed by atoms with Crippen molar-refractivity contribution in [2.75, 3.05) is 6.54 Å². The summed E-state index contributed by atoms with van der Waals surface area (Å²) in [6.45, 7) is 0.547. The van der Waals surface area contributed by atoms with E-state index in [1.165, 1.54) is 0 Å². The molecule has 1 saturated carbocycles. The van der Waals surface area contributed by atoms with Crippen molar-refractivity contribution in [1.82, 2.24) is 5.32 Å². The van der Waals surface area contributed by atoms with Crippen molar-refractivity contribution in [3.63, 3.8) is 0 Å². The van der Waals surface area contributed by atoms with Gasteiger partial charge in [-0.15, -0.1) is 0 Å². The Bertz CT molecular complexity index is 225. The Morgan fingerprint density at radius 1 is 1.80 bits per heavy atom. The molecule has 1 amide bonds. The monoisotopic (exact) mass is 141 g/mol. The van der Waals surface area contributed by atoms with Gasteiger partial charge in [0, 0.05) is 12.5 Å². The first kappa shape index (κ1) is 5.70. The number of piperidine rings is 1. The van der Waals surface area contributed by atoms with E-state index in [9.17, 15) is 9.59 Å². The first-order valence-electron chi connectivity index (χ1n) is 3.19. The van der Waals surface area contributed by atoms with Gasteiger partial charge in [0.25, 0.3) is 0 Å². The minimum absolute atomic E-state index is 0.0671. The Balaban J connectivity index is 2.33. The maximum Gasteiger partial charge on any atom is 0.319 e. The number of fused-ring (bicyclic) bond motifs is 1. The fraction of sp³-hybridized carbons (Fsp3) is 0.667. The number of hydrogen-bond acceptors (Lipinski definition) is 2. The summed E-state index contributed by atoms with van der Waals surface area (Å²) >= 11 is 0. The molecule has 4 heteroatoms. The molecule has 10 heavy (non-hydrogen) atoms. The third-order valence-electron chi connectivity index (χ3n) is 2.40. The van der Waals surface area contributed by atoms with Crippen LogP contribution >= 0.6 is 0 Å². The highest BCUT2D eigenvalue weighted by Gasteiger charge is 2.69. The zero-order valence-corrected chi connectivity index (χ0v) is 5.26. The minimum atomic E-state index is -1.01. The van der Waals surface area contributed by atoms with E-state index in [0.717, 1.165) is 0 Å². The first-order chi connectivity index (χ1) is 4.68. The van der Waals surface area contributed by atoms with Crippen molar-refractivity contribution in [1.29, 1.82) is 0 Å². The summed E-state index contributed by atoms with van der Waals surface area (Å²) in [4.78, 5) is 21.4. The van der Waals surface area contributed by atoms with Crippen LogP contribution in [0.2, 0.25) is 0 Å². The van der Waals surface area contributed by atoms with E-state index < -0.39 is 11.4 Å². The summed E-state index contributed by atoms with van der Waals surface area (Å²) in [5.41, 5.74) is -1.01. The summed E-state index contributed by atoms with van der Waals surface area (Å²) in [5, 5.41) is 11.1. The van der Waals surface area contributed by atoms with Crippen LogP contribution in [0.5, 0.6) is 0 Å². The van der Waals surface area contributed by atoms with Crippen molar-refractivity contribution in [3.8, 4) is 0 Å². The zero-order valence-electron chi connectivity index (χ0n) is 5.26. The molecule has 0 spiro atoms. The third-order valence-corrected chi connectivity index (χ3v) is 2.40. The van der Waals surface area contributed by atoms with Gasteiger partial charge < -0.3 is 10.4 Å². The van der Waals surface area contributed by atoms with Crippen LogP contribution < -0.4 is 5.32 Å². The molecule has 0 bridgehead atoms. The van der Waals surface area contributed by atoms with Crippen LogP contribution in [0.1, 0.15) is 6.42 Å². The third kappa shape index (κ3) is 0.394. The molecule has 0 aromatic heterocycles. The summed E-state index contributed by atoms with van der Waals surface area (Å²) in [6, 6.07) is 0. The molecule has 1 heterocycles. The van der Waals surface area contributed by atoms with Gasteiger partial charge in [0.1, 0.15) is 0 Å². The number of aliphatic carboxylic acids is 1. The summed E-state index contributed by atoms with van der Waals surface area (Å²) < 4.78 is 0. The van der Waals surface area contributed by atoms with Gasteiger partial charge in [0.15, 0.2) is 5.41 Å². The lowest BCUT2D eigenvalue weighted by Gasteiger charge is -2.01. The average Bonchev–Trinajstić information content (AvgIpc) is 2.52. The van der Waals surface area contributed by atoms with Gasteiger partial charge in [-0.3, -0.25) is 9.59 Å². The molecule has 2 N–H and O–H groups in total. The maximum absolute atomic E-state index is 10.9. The fourth-order valence-corrected chi connectivity index (χ4v) is 1.59. The molecule has 0 aromatic carbocycles. The van der Waals surface area contributed by atoms with Gasteiger partial charge in [-0.05, 0) is 6.42 Å². The molecule has 2 atom stereocenters. The molecular formula is C6H7NO3. The molecule has 0 unspecified atom stereocenters. The smallest absolute Gasteiger partial charge is 0.319 e. The van der Waals surface area contributed by atoms with E-state index in [-0.39, 0.29) is 11.8 Å². The normalized spacial score (nSPS) is 42.4. The lowest BCUT2D eigenvalue weighted by atomic mass is 10.1. The molecular weight excluding hydrogens is 134 g/mol. The number of carboxylic acid groups (broad SMARTS) is 1. The molecule has 4 nitrogen and oxygen atoms in total. The second-order valence-electron chi connectivity index (χ2n) is 2.89. The Morgan fingerprint density at radius 3 is 2.70 bits per heavy atom. The Morgan fingerprint density at radius 2 is 2.50 bits per heavy atom. The largest absolute Gasteiger partial charge is 0.480 e. The van der Waals surface area contributed by atoms with Crippen molar-refractivity contribution >= 4 is 11.9 Å². The molecule has 0 aromatic rings. The van der Waals surface area contributed by atoms with Gasteiger partial charge in [-0.25, -0.2) is 0 Å². The predicted octanol–water partition coefficient (Wildman–Crippen LogP) is -0.793. The van der Waals surface area contributed by atoms with Crippen LogP contribution in [-0.2, 0) is 9.59 Å². The Kier molecular flexibility index (Phi) is 0.760. The molecule has 1 saturated heterocycles. The number of nitrogens with one attached hydrogen (secondary N) is 1. The highest BCUT2D eigenvalue weighted by atomic mass is 16.4. The summed E-state index contributed by atoms with van der Waals surface area (Å²) in [6.07, 6.45) is 0.536. The van der Waals surface area contributed by atoms with Crippen LogP contribution in [0.15, 0.2) is 0 Å². The molecule has 2 aliphatic rings. The second kappa shape index (κ2) is 1.33. The van der Waals surface area contributed by atoms with Crippen LogP contribution in [0.3, 0.4) is 0 Å². The average molecular weight is 141 g/mol. The number of carbonyl (C=O) groups is 2. The van der Waals surface area contributed by atoms with Gasteiger partial charge >= 0.3 is 5.97 Å². The molecule has 2 rings (SSSR count). The van der Waals surface area contributed by atoms with Crippen LogP contribution in [0, 0.1) is 11.3 Å². The van der Waals surface area contributed by atoms with E-state index in [1.54, 1.807) is 0 Å². The van der Waals surface area contributed by atoms with Crippen molar-refractivity contribution in [2.24, 2.45) is 11.3 Å². The fourth-order valence-electron chi connectivity index (χ4n) is 1.59. The molecule has 54 valence electrons. The number of carboxylic acids is 1. The SMILES string of the molecule is O=C(O)[C@@]12C[C@@H]1CNC2=O. The van der Waals surface area contributed by atoms with Gasteiger partial charge in [0.05, 0.1) is 0 Å². The quantitative estimate of drug-likeness (QED) is 0.470. The number of carbonyl (C=O) groups excluding carboxylic acids is 1. The van der Waals surface area contributed by atoms with Crippen molar-refractivity contribution < 1.29 is 14.7 Å². The molecule has 1 aliphatic carbocycles. The van der Waals surface area contributed by atoms with Crippen LogP contribution in [-0.4, -0.2) is 23.5 Å². The predicted molar refractivity (Wildman–Crippen MR) is 31.2 cm³/mol. The highest BCUT2D eigenvalue weighted by molar-refractivity contribution is 6.07. The van der Waals surface area contributed by atoms with E-state index >= 15 is 0 Å². The van der Waals surface area contributed by atoms with Crippen LogP contribution in [0.25, 0.3) is 0 Å². The van der Waals surface area contributed by atoms with Gasteiger partial charge in [0.2, 0.25) is 5.91 Å². The summed E-state index contributed by atoms with van der Waals surface area (Å²) in [5.74, 6) is -1.20. The zero-order chi connectivity index (χ0) is 7.35. The Hall–Kier alpha value is -1.06. The lowest BCUT2D eigenvalue weighted by molar-refractivity contribution is -0.148. The van der Waals surface area contributed by atoms with E-state index in [0.29, 0.717) is 13.0 Å². The number of hydrogen-bond donors (Lipinski definition) is 2. The van der Waals surface area contributed by atoms with E-state index in [1.807, 2.05) is 0 Å². The first-order valence-corrected chi connectivity index (χ1v) is 3.19. The summed E-state index contributed by atoms with van der Waals surface area (Å²) in [7, 11) is 0. The van der Waals surface area contributed by atoms with Crippen molar-refractivity contribution in [2.45, 2.75) is 6.42 Å². The topological polar surface area (TPSA) is 66.4 Å². The standard InChI is InChI=1S/C6H7NO3/c8-4-6(5(9)10)1-3(6)2-7-4/h3H,1-2H2,(H,7,8)(H,9,10)/t3-,6+/m1/s1.